The number of halogens is 1. The molecule has 0 aliphatic heterocycles. The largest absolute Gasteiger partial charge is 0.496 e. The number of hydrogen-bond donors (Lipinski definition) is 1. The topological polar surface area (TPSA) is 49.8 Å². The predicted molar refractivity (Wildman–Crippen MR) is 73.8 cm³/mol. The lowest BCUT2D eigenvalue weighted by Crippen LogP contribution is -2.22. The molecule has 18 heavy (non-hydrogen) atoms. The first kappa shape index (κ1) is 16.7. The summed E-state index contributed by atoms with van der Waals surface area (Å²) in [5.41, 5.74) is 1.21. The minimum absolute atomic E-state index is 0. The molecule has 1 aromatic rings. The zero-order valence-corrected chi connectivity index (χ0v) is 11.8. The molecule has 0 fully saturated rings. The number of rotatable bonds is 6. The molecule has 0 spiro atoms. The van der Waals surface area contributed by atoms with Gasteiger partial charge in [-0.3, -0.25) is 4.90 Å². The van der Waals surface area contributed by atoms with Crippen LogP contribution in [0.1, 0.15) is 29.8 Å². The summed E-state index contributed by atoms with van der Waals surface area (Å²) in [4.78, 5) is 13.3. The van der Waals surface area contributed by atoms with Gasteiger partial charge in [0.05, 0.1) is 7.11 Å². The molecule has 0 aliphatic carbocycles. The second-order valence-electron chi connectivity index (χ2n) is 3.80. The number of nitrogens with zero attached hydrogens (tertiary/aromatic N) is 1. The first-order valence-electron chi connectivity index (χ1n) is 5.74. The lowest BCUT2D eigenvalue weighted by Gasteiger charge is -2.18. The summed E-state index contributed by atoms with van der Waals surface area (Å²) in [5.74, 6) is -0.552. The molecule has 0 bridgehead atoms. The number of carbonyl (C=O) groups is 1. The van der Waals surface area contributed by atoms with E-state index in [1.807, 2.05) is 6.07 Å². The van der Waals surface area contributed by atoms with Gasteiger partial charge in [-0.2, -0.15) is 0 Å². The Morgan fingerprint density at radius 1 is 1.33 bits per heavy atom. The number of carboxylic acids is 1. The summed E-state index contributed by atoms with van der Waals surface area (Å²) in [7, 11) is 1.48. The van der Waals surface area contributed by atoms with Gasteiger partial charge in [0.1, 0.15) is 11.3 Å². The van der Waals surface area contributed by atoms with E-state index in [1.165, 1.54) is 7.11 Å². The maximum absolute atomic E-state index is 11.1. The Balaban J connectivity index is 0.00000289. The van der Waals surface area contributed by atoms with E-state index in [0.717, 1.165) is 25.2 Å². The molecule has 1 N–H and O–H groups in total. The Bertz CT molecular complexity index is 392. The SMILES string of the molecule is CCN(CC)Cc1ccc(OC)c(C(=O)O)c1.Cl. The average Bonchev–Trinajstić information content (AvgIpc) is 2.35. The highest BCUT2D eigenvalue weighted by molar-refractivity contribution is 5.91. The molecule has 0 saturated carbocycles. The van der Waals surface area contributed by atoms with Crippen LogP contribution < -0.4 is 4.74 Å². The summed E-state index contributed by atoms with van der Waals surface area (Å²) in [6.45, 7) is 6.84. The van der Waals surface area contributed by atoms with E-state index in [9.17, 15) is 4.79 Å². The summed E-state index contributed by atoms with van der Waals surface area (Å²) in [5, 5.41) is 9.08. The zero-order valence-electron chi connectivity index (χ0n) is 11.0. The fraction of sp³-hybridized carbons (Fsp3) is 0.462. The summed E-state index contributed by atoms with van der Waals surface area (Å²) >= 11 is 0. The van der Waals surface area contributed by atoms with Crippen LogP contribution in [0.15, 0.2) is 18.2 Å². The maximum atomic E-state index is 11.1. The number of benzene rings is 1. The van der Waals surface area contributed by atoms with E-state index in [2.05, 4.69) is 18.7 Å². The highest BCUT2D eigenvalue weighted by atomic mass is 35.5. The van der Waals surface area contributed by atoms with E-state index >= 15 is 0 Å². The third-order valence-electron chi connectivity index (χ3n) is 2.79. The van der Waals surface area contributed by atoms with Crippen LogP contribution in [-0.2, 0) is 6.54 Å². The van der Waals surface area contributed by atoms with Crippen LogP contribution >= 0.6 is 12.4 Å². The van der Waals surface area contributed by atoms with E-state index in [-0.39, 0.29) is 18.0 Å². The molecule has 1 aromatic carbocycles. The Morgan fingerprint density at radius 2 is 1.94 bits per heavy atom. The molecule has 102 valence electrons. The lowest BCUT2D eigenvalue weighted by molar-refractivity contribution is 0.0693. The van der Waals surface area contributed by atoms with Gasteiger partial charge in [0, 0.05) is 6.54 Å². The number of methoxy groups -OCH3 is 1. The van der Waals surface area contributed by atoms with Crippen molar-refractivity contribution in [2.75, 3.05) is 20.2 Å². The van der Waals surface area contributed by atoms with Gasteiger partial charge in [-0.1, -0.05) is 19.9 Å². The van der Waals surface area contributed by atoms with Gasteiger partial charge in [0.2, 0.25) is 0 Å². The second kappa shape index (κ2) is 7.95. The minimum Gasteiger partial charge on any atom is -0.496 e. The van der Waals surface area contributed by atoms with Crippen molar-refractivity contribution in [3.05, 3.63) is 29.3 Å². The van der Waals surface area contributed by atoms with Gasteiger partial charge in [0.15, 0.2) is 0 Å². The molecular formula is C13H20ClNO3. The van der Waals surface area contributed by atoms with Gasteiger partial charge in [0.25, 0.3) is 0 Å². The van der Waals surface area contributed by atoms with E-state index in [4.69, 9.17) is 9.84 Å². The van der Waals surface area contributed by atoms with Crippen LogP contribution in [0.25, 0.3) is 0 Å². The molecule has 0 saturated heterocycles. The Kier molecular flexibility index (Phi) is 7.39. The number of ether oxygens (including phenoxy) is 1. The monoisotopic (exact) mass is 273 g/mol. The van der Waals surface area contributed by atoms with Gasteiger partial charge < -0.3 is 9.84 Å². The second-order valence-corrected chi connectivity index (χ2v) is 3.80. The van der Waals surface area contributed by atoms with Crippen molar-refractivity contribution in [1.29, 1.82) is 0 Å². The highest BCUT2D eigenvalue weighted by Gasteiger charge is 2.12. The van der Waals surface area contributed by atoms with Crippen molar-refractivity contribution in [1.82, 2.24) is 4.90 Å². The molecule has 1 rings (SSSR count). The van der Waals surface area contributed by atoms with Gasteiger partial charge >= 0.3 is 5.97 Å². The molecule has 0 amide bonds. The smallest absolute Gasteiger partial charge is 0.339 e. The molecule has 0 radical (unpaired) electrons. The maximum Gasteiger partial charge on any atom is 0.339 e. The van der Waals surface area contributed by atoms with Crippen LogP contribution in [0.5, 0.6) is 5.75 Å². The van der Waals surface area contributed by atoms with Crippen LogP contribution in [0.3, 0.4) is 0 Å². The molecule has 0 aromatic heterocycles. The first-order chi connectivity index (χ1) is 8.12. The van der Waals surface area contributed by atoms with Crippen molar-refractivity contribution in [2.24, 2.45) is 0 Å². The Labute approximate surface area is 114 Å². The fourth-order valence-electron chi connectivity index (χ4n) is 1.73. The van der Waals surface area contributed by atoms with Crippen LogP contribution in [0.2, 0.25) is 0 Å². The third-order valence-corrected chi connectivity index (χ3v) is 2.79. The summed E-state index contributed by atoms with van der Waals surface area (Å²) in [6, 6.07) is 5.30. The van der Waals surface area contributed by atoms with E-state index in [1.54, 1.807) is 12.1 Å². The zero-order chi connectivity index (χ0) is 12.8. The third kappa shape index (κ3) is 4.20. The minimum atomic E-state index is -0.955. The van der Waals surface area contributed by atoms with Crippen molar-refractivity contribution < 1.29 is 14.6 Å². The number of aromatic carboxylic acids is 1. The van der Waals surface area contributed by atoms with E-state index < -0.39 is 5.97 Å². The molecular weight excluding hydrogens is 254 g/mol. The predicted octanol–water partition coefficient (Wildman–Crippen LogP) is 2.66. The fourth-order valence-corrected chi connectivity index (χ4v) is 1.73. The Morgan fingerprint density at radius 3 is 2.39 bits per heavy atom. The van der Waals surface area contributed by atoms with Crippen LogP contribution in [0, 0.1) is 0 Å². The summed E-state index contributed by atoms with van der Waals surface area (Å²) < 4.78 is 5.02. The molecule has 0 unspecified atom stereocenters. The normalized spacial score (nSPS) is 10.0. The van der Waals surface area contributed by atoms with E-state index in [0.29, 0.717) is 5.75 Å². The standard InChI is InChI=1S/C13H19NO3.ClH/c1-4-14(5-2)9-10-6-7-12(17-3)11(8-10)13(15)16;/h6-8H,4-5,9H2,1-3H3,(H,15,16);1H. The van der Waals surface area contributed by atoms with Crippen LogP contribution in [0.4, 0.5) is 0 Å². The van der Waals surface area contributed by atoms with Gasteiger partial charge in [-0.15, -0.1) is 12.4 Å². The molecule has 0 atom stereocenters. The van der Waals surface area contributed by atoms with Crippen molar-refractivity contribution in [2.45, 2.75) is 20.4 Å². The van der Waals surface area contributed by atoms with Crippen LogP contribution in [-0.4, -0.2) is 36.2 Å². The quantitative estimate of drug-likeness (QED) is 0.866. The highest BCUT2D eigenvalue weighted by Crippen LogP contribution is 2.20. The Hall–Kier alpha value is -1.26. The molecule has 0 heterocycles. The van der Waals surface area contributed by atoms with Gasteiger partial charge in [-0.25, -0.2) is 4.79 Å². The molecule has 5 heteroatoms. The average molecular weight is 274 g/mol. The van der Waals surface area contributed by atoms with Crippen molar-refractivity contribution in [3.63, 3.8) is 0 Å². The number of hydrogen-bond acceptors (Lipinski definition) is 3. The lowest BCUT2D eigenvalue weighted by atomic mass is 10.1. The first-order valence-corrected chi connectivity index (χ1v) is 5.74. The molecule has 0 aliphatic rings. The number of carboxylic acid groups (broad SMARTS) is 1. The van der Waals surface area contributed by atoms with Gasteiger partial charge in [-0.05, 0) is 30.8 Å². The van der Waals surface area contributed by atoms with Crippen molar-refractivity contribution in [3.8, 4) is 5.75 Å². The molecule has 4 nitrogen and oxygen atoms in total. The van der Waals surface area contributed by atoms with Crippen molar-refractivity contribution >= 4 is 18.4 Å². The summed E-state index contributed by atoms with van der Waals surface area (Å²) in [6.07, 6.45) is 0.